The topological polar surface area (TPSA) is 55.6 Å². The van der Waals surface area contributed by atoms with Crippen LogP contribution in [-0.2, 0) is 6.54 Å². The lowest BCUT2D eigenvalue weighted by molar-refractivity contribution is 0.0955. The van der Waals surface area contributed by atoms with Gasteiger partial charge in [0.25, 0.3) is 5.91 Å². The Balaban J connectivity index is 1.56. The number of rotatable bonds is 7. The van der Waals surface area contributed by atoms with Gasteiger partial charge in [-0.15, -0.1) is 0 Å². The quantitative estimate of drug-likeness (QED) is 0.258. The molecule has 1 aromatic heterocycles. The van der Waals surface area contributed by atoms with Gasteiger partial charge < -0.3 is 9.30 Å². The lowest BCUT2D eigenvalue weighted by Gasteiger charge is -2.09. The average molecular weight is 490 g/mol. The minimum atomic E-state index is -0.263. The number of hydrogen-bond acceptors (Lipinski definition) is 3. The van der Waals surface area contributed by atoms with Crippen LogP contribution in [0.15, 0.2) is 82.4 Å². The summed E-state index contributed by atoms with van der Waals surface area (Å²) in [6, 6.07) is 23.6. The summed E-state index contributed by atoms with van der Waals surface area (Å²) in [5, 5.41) is 5.34. The number of para-hydroxylation sites is 1. The van der Waals surface area contributed by atoms with Crippen molar-refractivity contribution in [3.8, 4) is 5.75 Å². The van der Waals surface area contributed by atoms with Gasteiger partial charge in [-0.05, 0) is 61.9 Å². The molecule has 6 heteroatoms. The lowest BCUT2D eigenvalue weighted by Crippen LogP contribution is -2.17. The Hall–Kier alpha value is -3.38. The number of fused-ring (bicyclic) bond motifs is 1. The number of nitrogens with zero attached hydrogens (tertiary/aromatic N) is 2. The van der Waals surface area contributed by atoms with E-state index < -0.39 is 0 Å². The number of benzene rings is 3. The molecule has 162 valence electrons. The number of carbonyl (C=O) groups is 1. The third-order valence-corrected chi connectivity index (χ3v) is 5.85. The van der Waals surface area contributed by atoms with E-state index in [-0.39, 0.29) is 5.91 Å². The van der Waals surface area contributed by atoms with Crippen molar-refractivity contribution in [1.29, 1.82) is 0 Å². The van der Waals surface area contributed by atoms with Crippen molar-refractivity contribution in [1.82, 2.24) is 9.99 Å². The third-order valence-electron chi connectivity index (χ3n) is 5.32. The SMILES string of the molecule is CCOc1ccc(C(=O)N/N=C\c2c(C)n(Cc3ccc(Br)cc3)c3ccccc23)cc1. The minimum Gasteiger partial charge on any atom is -0.494 e. The molecule has 0 aliphatic heterocycles. The first-order chi connectivity index (χ1) is 15.6. The summed E-state index contributed by atoms with van der Waals surface area (Å²) >= 11 is 3.49. The fourth-order valence-corrected chi connectivity index (χ4v) is 3.95. The van der Waals surface area contributed by atoms with E-state index in [9.17, 15) is 4.79 Å². The van der Waals surface area contributed by atoms with E-state index in [1.807, 2.05) is 19.1 Å². The fourth-order valence-electron chi connectivity index (χ4n) is 3.69. The predicted molar refractivity (Wildman–Crippen MR) is 133 cm³/mol. The first-order valence-electron chi connectivity index (χ1n) is 10.5. The maximum Gasteiger partial charge on any atom is 0.271 e. The van der Waals surface area contributed by atoms with Gasteiger partial charge in [0.1, 0.15) is 5.75 Å². The summed E-state index contributed by atoms with van der Waals surface area (Å²) in [5.74, 6) is 0.474. The molecule has 32 heavy (non-hydrogen) atoms. The molecule has 1 N–H and O–H groups in total. The molecule has 0 saturated carbocycles. The number of nitrogens with one attached hydrogen (secondary N) is 1. The first-order valence-corrected chi connectivity index (χ1v) is 11.2. The number of hydrogen-bond donors (Lipinski definition) is 1. The van der Waals surface area contributed by atoms with Crippen molar-refractivity contribution in [2.45, 2.75) is 20.4 Å². The molecule has 3 aromatic carbocycles. The Morgan fingerprint density at radius 2 is 1.78 bits per heavy atom. The second-order valence-electron chi connectivity index (χ2n) is 7.39. The highest BCUT2D eigenvalue weighted by atomic mass is 79.9. The molecular weight excluding hydrogens is 466 g/mol. The summed E-state index contributed by atoms with van der Waals surface area (Å²) in [6.07, 6.45) is 1.72. The van der Waals surface area contributed by atoms with E-state index in [0.29, 0.717) is 12.2 Å². The number of amides is 1. The van der Waals surface area contributed by atoms with Gasteiger partial charge in [0.05, 0.1) is 12.8 Å². The van der Waals surface area contributed by atoms with E-state index in [4.69, 9.17) is 4.74 Å². The molecule has 0 atom stereocenters. The Morgan fingerprint density at radius 1 is 1.06 bits per heavy atom. The largest absolute Gasteiger partial charge is 0.494 e. The third kappa shape index (κ3) is 4.75. The van der Waals surface area contributed by atoms with Gasteiger partial charge in [-0.1, -0.05) is 46.3 Å². The van der Waals surface area contributed by atoms with Crippen molar-refractivity contribution in [3.63, 3.8) is 0 Å². The van der Waals surface area contributed by atoms with Gasteiger partial charge in [-0.3, -0.25) is 4.79 Å². The molecule has 0 aliphatic carbocycles. The monoisotopic (exact) mass is 489 g/mol. The van der Waals surface area contributed by atoms with Crippen molar-refractivity contribution in [2.75, 3.05) is 6.61 Å². The van der Waals surface area contributed by atoms with Crippen molar-refractivity contribution in [2.24, 2.45) is 5.10 Å². The molecular formula is C26H24BrN3O2. The highest BCUT2D eigenvalue weighted by Gasteiger charge is 2.13. The molecule has 0 unspecified atom stereocenters. The Kier molecular flexibility index (Phi) is 6.71. The summed E-state index contributed by atoms with van der Waals surface area (Å²) < 4.78 is 8.75. The molecule has 4 aromatic rings. The molecule has 1 amide bonds. The van der Waals surface area contributed by atoms with Crippen LogP contribution in [0.3, 0.4) is 0 Å². The van der Waals surface area contributed by atoms with E-state index in [0.717, 1.165) is 38.9 Å². The molecule has 0 radical (unpaired) electrons. The van der Waals surface area contributed by atoms with E-state index in [2.05, 4.69) is 74.3 Å². The van der Waals surface area contributed by atoms with Gasteiger partial charge in [0.15, 0.2) is 0 Å². The fraction of sp³-hybridized carbons (Fsp3) is 0.154. The van der Waals surface area contributed by atoms with Crippen LogP contribution in [-0.4, -0.2) is 23.3 Å². The molecule has 1 heterocycles. The molecule has 0 saturated heterocycles. The second-order valence-corrected chi connectivity index (χ2v) is 8.30. The van der Waals surface area contributed by atoms with Gasteiger partial charge in [-0.25, -0.2) is 5.43 Å². The van der Waals surface area contributed by atoms with Crippen molar-refractivity contribution in [3.05, 3.63) is 99.7 Å². The lowest BCUT2D eigenvalue weighted by atomic mass is 10.1. The summed E-state index contributed by atoms with van der Waals surface area (Å²) in [4.78, 5) is 12.5. The standard InChI is InChI=1S/C26H24BrN3O2/c1-3-32-22-14-10-20(11-15-22)26(31)29-28-16-24-18(2)30(25-7-5-4-6-23(24)25)17-19-8-12-21(27)13-9-19/h4-16H,3,17H2,1-2H3,(H,29,31)/b28-16-. The van der Waals surface area contributed by atoms with Gasteiger partial charge in [-0.2, -0.15) is 5.10 Å². The molecule has 5 nitrogen and oxygen atoms in total. The molecule has 0 bridgehead atoms. The van der Waals surface area contributed by atoms with E-state index in [1.54, 1.807) is 30.5 Å². The number of halogens is 1. The molecule has 0 fully saturated rings. The van der Waals surface area contributed by atoms with Crippen molar-refractivity contribution >= 4 is 39.0 Å². The van der Waals surface area contributed by atoms with Crippen LogP contribution in [0.2, 0.25) is 0 Å². The summed E-state index contributed by atoms with van der Waals surface area (Å²) in [5.41, 5.74) is 7.58. The highest BCUT2D eigenvalue weighted by molar-refractivity contribution is 9.10. The average Bonchev–Trinajstić information content (AvgIpc) is 3.07. The molecule has 4 rings (SSSR count). The van der Waals surface area contributed by atoms with Crippen LogP contribution in [0.25, 0.3) is 10.9 Å². The van der Waals surface area contributed by atoms with Crippen LogP contribution in [0.5, 0.6) is 5.75 Å². The number of ether oxygens (including phenoxy) is 1. The predicted octanol–water partition coefficient (Wildman–Crippen LogP) is 5.92. The Bertz CT molecular complexity index is 1260. The van der Waals surface area contributed by atoms with Gasteiger partial charge >= 0.3 is 0 Å². The number of hydrazone groups is 1. The van der Waals surface area contributed by atoms with Crippen molar-refractivity contribution < 1.29 is 9.53 Å². The zero-order valence-electron chi connectivity index (χ0n) is 18.0. The smallest absolute Gasteiger partial charge is 0.271 e. The van der Waals surface area contributed by atoms with Gasteiger partial charge in [0, 0.05) is 38.7 Å². The minimum absolute atomic E-state index is 0.263. The molecule has 0 aliphatic rings. The van der Waals surface area contributed by atoms with Crippen LogP contribution in [0.1, 0.15) is 34.1 Å². The maximum absolute atomic E-state index is 12.5. The van der Waals surface area contributed by atoms with Crippen LogP contribution >= 0.6 is 15.9 Å². The van der Waals surface area contributed by atoms with E-state index in [1.165, 1.54) is 5.56 Å². The number of carbonyl (C=O) groups excluding carboxylic acids is 1. The normalized spacial score (nSPS) is 11.2. The zero-order chi connectivity index (χ0) is 22.5. The maximum atomic E-state index is 12.5. The summed E-state index contributed by atoms with van der Waals surface area (Å²) in [6.45, 7) is 5.35. The van der Waals surface area contributed by atoms with E-state index >= 15 is 0 Å². The van der Waals surface area contributed by atoms with Crippen LogP contribution in [0.4, 0.5) is 0 Å². The van der Waals surface area contributed by atoms with Crippen LogP contribution in [0, 0.1) is 6.92 Å². The summed E-state index contributed by atoms with van der Waals surface area (Å²) in [7, 11) is 0. The molecule has 0 spiro atoms. The van der Waals surface area contributed by atoms with Gasteiger partial charge in [0.2, 0.25) is 0 Å². The second kappa shape index (κ2) is 9.83. The number of aromatic nitrogens is 1. The Morgan fingerprint density at radius 3 is 2.50 bits per heavy atom. The zero-order valence-corrected chi connectivity index (χ0v) is 19.6. The van der Waals surface area contributed by atoms with Crippen LogP contribution < -0.4 is 10.2 Å². The highest BCUT2D eigenvalue weighted by Crippen LogP contribution is 2.26. The Labute approximate surface area is 195 Å². The first kappa shape index (κ1) is 21.8.